The molecule has 2 N–H and O–H groups in total. The van der Waals surface area contributed by atoms with Crippen molar-refractivity contribution in [2.24, 2.45) is 0 Å². The molecule has 0 saturated heterocycles. The van der Waals surface area contributed by atoms with Crippen LogP contribution >= 0.6 is 11.3 Å². The van der Waals surface area contributed by atoms with Crippen LogP contribution in [0.3, 0.4) is 0 Å². The van der Waals surface area contributed by atoms with Gasteiger partial charge in [0.05, 0.1) is 6.20 Å². The minimum atomic E-state index is -0.948. The molecule has 1 atom stereocenters. The van der Waals surface area contributed by atoms with Gasteiger partial charge in [0.25, 0.3) is 0 Å². The van der Waals surface area contributed by atoms with Crippen LogP contribution in [-0.4, -0.2) is 36.0 Å². The van der Waals surface area contributed by atoms with Crippen LogP contribution in [0.1, 0.15) is 11.6 Å². The Balaban J connectivity index is 1.67. The van der Waals surface area contributed by atoms with Crippen molar-refractivity contribution in [3.05, 3.63) is 53.8 Å². The first-order chi connectivity index (χ1) is 11.7. The van der Waals surface area contributed by atoms with E-state index in [2.05, 4.69) is 20.3 Å². The number of thiazole rings is 1. The Kier molecular flexibility index (Phi) is 3.58. The molecule has 0 spiro atoms. The average Bonchev–Trinajstić information content (AvgIpc) is 3.32. The highest BCUT2D eigenvalue weighted by molar-refractivity contribution is 7.13. The predicted molar refractivity (Wildman–Crippen MR) is 89.8 cm³/mol. The van der Waals surface area contributed by atoms with Crippen molar-refractivity contribution >= 4 is 28.2 Å². The van der Waals surface area contributed by atoms with Crippen LogP contribution in [0.2, 0.25) is 0 Å². The van der Waals surface area contributed by atoms with Gasteiger partial charge in [0, 0.05) is 35.1 Å². The number of nitrogens with zero attached hydrogens (tertiary/aromatic N) is 4. The summed E-state index contributed by atoms with van der Waals surface area (Å²) in [6, 6.07) is 6.98. The van der Waals surface area contributed by atoms with Gasteiger partial charge in [-0.1, -0.05) is 23.4 Å². The largest absolute Gasteiger partial charge is 0.480 e. The van der Waals surface area contributed by atoms with Crippen LogP contribution in [-0.2, 0) is 11.2 Å². The van der Waals surface area contributed by atoms with E-state index >= 15 is 0 Å². The van der Waals surface area contributed by atoms with Gasteiger partial charge in [-0.2, -0.15) is 0 Å². The first kappa shape index (κ1) is 14.6. The number of aromatic amines is 1. The molecule has 0 fully saturated rings. The van der Waals surface area contributed by atoms with Crippen LogP contribution in [0.5, 0.6) is 0 Å². The molecular formula is C16H13N5O2S. The predicted octanol–water partition coefficient (Wildman–Crippen LogP) is 2.75. The van der Waals surface area contributed by atoms with Crippen LogP contribution < -0.4 is 0 Å². The number of rotatable bonds is 5. The van der Waals surface area contributed by atoms with Gasteiger partial charge in [-0.05, 0) is 11.6 Å². The van der Waals surface area contributed by atoms with Crippen molar-refractivity contribution in [2.45, 2.75) is 12.5 Å². The number of carboxylic acids is 1. The molecule has 0 aliphatic rings. The van der Waals surface area contributed by atoms with Crippen molar-refractivity contribution in [2.75, 3.05) is 0 Å². The van der Waals surface area contributed by atoms with Crippen LogP contribution in [0.4, 0.5) is 0 Å². The number of carboxylic acid groups (broad SMARTS) is 1. The van der Waals surface area contributed by atoms with Gasteiger partial charge in [-0.25, -0.2) is 14.5 Å². The van der Waals surface area contributed by atoms with Gasteiger partial charge in [0.15, 0.2) is 6.04 Å². The lowest BCUT2D eigenvalue weighted by Crippen LogP contribution is -2.22. The topological polar surface area (TPSA) is 96.7 Å². The Labute approximate surface area is 140 Å². The summed E-state index contributed by atoms with van der Waals surface area (Å²) in [5, 5.41) is 21.2. The SMILES string of the molecule is O=C(O)[C@@H](Cc1c[nH]c2ccccc12)n1cc(-c2nccs2)nn1. The van der Waals surface area contributed by atoms with Crippen molar-refractivity contribution in [3.63, 3.8) is 0 Å². The fourth-order valence-corrected chi connectivity index (χ4v) is 3.27. The van der Waals surface area contributed by atoms with E-state index in [1.54, 1.807) is 12.4 Å². The minimum absolute atomic E-state index is 0.319. The molecule has 24 heavy (non-hydrogen) atoms. The molecule has 0 aliphatic carbocycles. The molecule has 0 unspecified atom stereocenters. The smallest absolute Gasteiger partial charge is 0.328 e. The van der Waals surface area contributed by atoms with Gasteiger partial charge in [-0.15, -0.1) is 16.4 Å². The molecule has 3 aromatic heterocycles. The fourth-order valence-electron chi connectivity index (χ4n) is 2.68. The molecule has 120 valence electrons. The standard InChI is InChI=1S/C16H13N5O2S/c22-16(23)14(7-10-8-18-12-4-2-1-3-11(10)12)21-9-13(19-20-21)15-17-5-6-24-15/h1-6,8-9,14,18H,7H2,(H,22,23)/t14-/m1/s1. The second-order valence-corrected chi connectivity index (χ2v) is 6.23. The summed E-state index contributed by atoms with van der Waals surface area (Å²) in [4.78, 5) is 19.1. The van der Waals surface area contributed by atoms with Crippen LogP contribution in [0, 0.1) is 0 Å². The zero-order valence-electron chi connectivity index (χ0n) is 12.5. The normalized spacial score (nSPS) is 12.5. The molecule has 8 heteroatoms. The molecular weight excluding hydrogens is 326 g/mol. The minimum Gasteiger partial charge on any atom is -0.480 e. The summed E-state index contributed by atoms with van der Waals surface area (Å²) in [5.41, 5.74) is 2.50. The molecule has 4 rings (SSSR count). The third kappa shape index (κ3) is 2.56. The van der Waals surface area contributed by atoms with E-state index in [-0.39, 0.29) is 0 Å². The Hall–Kier alpha value is -3.00. The van der Waals surface area contributed by atoms with Gasteiger partial charge in [-0.3, -0.25) is 0 Å². The van der Waals surface area contributed by atoms with E-state index in [4.69, 9.17) is 0 Å². The Morgan fingerprint density at radius 1 is 1.38 bits per heavy atom. The summed E-state index contributed by atoms with van der Waals surface area (Å²) in [7, 11) is 0. The van der Waals surface area contributed by atoms with Crippen molar-refractivity contribution < 1.29 is 9.90 Å². The summed E-state index contributed by atoms with van der Waals surface area (Å²) in [6.07, 6.45) is 5.48. The van der Waals surface area contributed by atoms with E-state index in [0.717, 1.165) is 21.5 Å². The van der Waals surface area contributed by atoms with E-state index in [1.165, 1.54) is 16.0 Å². The first-order valence-electron chi connectivity index (χ1n) is 7.32. The van der Waals surface area contributed by atoms with Crippen molar-refractivity contribution in [1.82, 2.24) is 25.0 Å². The summed E-state index contributed by atoms with van der Waals surface area (Å²) in [6.45, 7) is 0. The van der Waals surface area contributed by atoms with Crippen LogP contribution in [0.25, 0.3) is 21.6 Å². The molecule has 0 bridgehead atoms. The fraction of sp³-hybridized carbons (Fsp3) is 0.125. The summed E-state index contributed by atoms with van der Waals surface area (Å²) < 4.78 is 1.39. The van der Waals surface area contributed by atoms with Gasteiger partial charge in [0.2, 0.25) is 0 Å². The highest BCUT2D eigenvalue weighted by Crippen LogP contribution is 2.24. The number of para-hydroxylation sites is 1. The molecule has 0 aliphatic heterocycles. The van der Waals surface area contributed by atoms with E-state index < -0.39 is 12.0 Å². The van der Waals surface area contributed by atoms with Gasteiger partial charge in [0.1, 0.15) is 10.7 Å². The number of H-pyrrole nitrogens is 1. The third-order valence-electron chi connectivity index (χ3n) is 3.85. The highest BCUT2D eigenvalue weighted by atomic mass is 32.1. The van der Waals surface area contributed by atoms with Gasteiger partial charge < -0.3 is 10.1 Å². The molecule has 0 radical (unpaired) electrons. The van der Waals surface area contributed by atoms with Crippen molar-refractivity contribution in [1.29, 1.82) is 0 Å². The van der Waals surface area contributed by atoms with E-state index in [1.807, 2.05) is 35.8 Å². The first-order valence-corrected chi connectivity index (χ1v) is 8.20. The van der Waals surface area contributed by atoms with Crippen LogP contribution in [0.15, 0.2) is 48.2 Å². The van der Waals surface area contributed by atoms with Crippen molar-refractivity contribution in [3.8, 4) is 10.7 Å². The number of fused-ring (bicyclic) bond motifs is 1. The lowest BCUT2D eigenvalue weighted by Gasteiger charge is -2.11. The lowest BCUT2D eigenvalue weighted by molar-refractivity contribution is -0.141. The molecule has 4 aromatic rings. The number of hydrogen-bond donors (Lipinski definition) is 2. The molecule has 0 amide bonds. The zero-order valence-corrected chi connectivity index (χ0v) is 13.3. The maximum Gasteiger partial charge on any atom is 0.328 e. The molecule has 1 aromatic carbocycles. The van der Waals surface area contributed by atoms with E-state index in [0.29, 0.717) is 12.1 Å². The number of aliphatic carboxylic acids is 1. The highest BCUT2D eigenvalue weighted by Gasteiger charge is 2.23. The zero-order chi connectivity index (χ0) is 16.5. The molecule has 3 heterocycles. The monoisotopic (exact) mass is 339 g/mol. The maximum atomic E-state index is 11.7. The number of aromatic nitrogens is 5. The van der Waals surface area contributed by atoms with E-state index in [9.17, 15) is 9.90 Å². The maximum absolute atomic E-state index is 11.7. The Morgan fingerprint density at radius 2 is 2.25 bits per heavy atom. The number of carbonyl (C=O) groups is 1. The summed E-state index contributed by atoms with van der Waals surface area (Å²) in [5.74, 6) is -0.948. The average molecular weight is 339 g/mol. The second-order valence-electron chi connectivity index (χ2n) is 5.34. The lowest BCUT2D eigenvalue weighted by atomic mass is 10.1. The number of nitrogens with one attached hydrogen (secondary N) is 1. The quantitative estimate of drug-likeness (QED) is 0.583. The Bertz CT molecular complexity index is 989. The van der Waals surface area contributed by atoms with Gasteiger partial charge >= 0.3 is 5.97 Å². The molecule has 0 saturated carbocycles. The number of benzene rings is 1. The number of hydrogen-bond acceptors (Lipinski definition) is 5. The Morgan fingerprint density at radius 3 is 3.04 bits per heavy atom. The molecule has 7 nitrogen and oxygen atoms in total. The second kappa shape index (κ2) is 5.89. The third-order valence-corrected chi connectivity index (χ3v) is 4.65. The summed E-state index contributed by atoms with van der Waals surface area (Å²) >= 11 is 1.44.